The minimum atomic E-state index is 0.527. The van der Waals surface area contributed by atoms with E-state index in [-0.39, 0.29) is 0 Å². The number of aromatic nitrogens is 1. The molecule has 1 unspecified atom stereocenters. The van der Waals surface area contributed by atoms with Crippen LogP contribution in [0, 0.1) is 24.2 Å². The van der Waals surface area contributed by atoms with Gasteiger partial charge >= 0.3 is 0 Å². The van der Waals surface area contributed by atoms with Crippen LogP contribution in [0.4, 0.5) is 0 Å². The molecule has 0 saturated heterocycles. The predicted octanol–water partition coefficient (Wildman–Crippen LogP) is 1.88. The van der Waals surface area contributed by atoms with Crippen molar-refractivity contribution in [2.75, 3.05) is 20.6 Å². The van der Waals surface area contributed by atoms with Gasteiger partial charge in [0.25, 0.3) is 0 Å². The molecule has 0 amide bonds. The van der Waals surface area contributed by atoms with E-state index < -0.39 is 0 Å². The molecule has 4 heteroatoms. The maximum Gasteiger partial charge on any atom is 0.120 e. The monoisotopic (exact) mass is 262 g/mol. The van der Waals surface area contributed by atoms with Crippen LogP contribution in [0.3, 0.4) is 0 Å². The van der Waals surface area contributed by atoms with Crippen LogP contribution in [0.2, 0.25) is 0 Å². The fraction of sp³-hybridized carbons (Fsp3) is 0.667. The average molecular weight is 262 g/mol. The van der Waals surface area contributed by atoms with Crippen molar-refractivity contribution in [1.82, 2.24) is 14.8 Å². The molecule has 19 heavy (non-hydrogen) atoms. The van der Waals surface area contributed by atoms with Gasteiger partial charge in [0.1, 0.15) is 11.8 Å². The van der Waals surface area contributed by atoms with Crippen molar-refractivity contribution in [3.05, 3.63) is 23.0 Å². The van der Waals surface area contributed by atoms with E-state index in [4.69, 9.17) is 5.26 Å². The van der Waals surface area contributed by atoms with Gasteiger partial charge in [-0.15, -0.1) is 0 Å². The lowest BCUT2D eigenvalue weighted by molar-refractivity contribution is 0.224. The first-order chi connectivity index (χ1) is 8.88. The molecular formula is C15H26N4. The lowest BCUT2D eigenvalue weighted by Gasteiger charge is -2.28. The van der Waals surface area contributed by atoms with Crippen molar-refractivity contribution in [2.24, 2.45) is 13.0 Å². The van der Waals surface area contributed by atoms with Crippen LogP contribution in [0.15, 0.2) is 6.07 Å². The Balaban J connectivity index is 2.61. The van der Waals surface area contributed by atoms with Crippen LogP contribution in [0.1, 0.15) is 30.8 Å². The van der Waals surface area contributed by atoms with Crippen molar-refractivity contribution in [1.29, 1.82) is 5.26 Å². The second-order valence-electron chi connectivity index (χ2n) is 5.72. The van der Waals surface area contributed by atoms with Gasteiger partial charge in [0.2, 0.25) is 0 Å². The summed E-state index contributed by atoms with van der Waals surface area (Å²) in [6, 6.07) is 4.72. The molecule has 0 aliphatic carbocycles. The van der Waals surface area contributed by atoms with Gasteiger partial charge in [0, 0.05) is 31.9 Å². The SMILES string of the molecule is Cc1c(CNCC(C(C)C)N(C)C)cc(C#N)n1C. The maximum atomic E-state index is 9.02. The summed E-state index contributed by atoms with van der Waals surface area (Å²) in [5.41, 5.74) is 3.10. The Morgan fingerprint density at radius 2 is 2.05 bits per heavy atom. The van der Waals surface area contributed by atoms with Crippen LogP contribution in [-0.4, -0.2) is 36.1 Å². The van der Waals surface area contributed by atoms with E-state index in [0.717, 1.165) is 24.5 Å². The average Bonchev–Trinajstić information content (AvgIpc) is 2.61. The molecule has 0 aromatic carbocycles. The molecule has 0 spiro atoms. The Hall–Kier alpha value is -1.31. The highest BCUT2D eigenvalue weighted by molar-refractivity contribution is 5.34. The molecule has 4 nitrogen and oxygen atoms in total. The van der Waals surface area contributed by atoms with Crippen LogP contribution >= 0.6 is 0 Å². The minimum absolute atomic E-state index is 0.527. The van der Waals surface area contributed by atoms with Gasteiger partial charge in [-0.2, -0.15) is 5.26 Å². The first-order valence-electron chi connectivity index (χ1n) is 6.80. The van der Waals surface area contributed by atoms with Crippen LogP contribution in [0.5, 0.6) is 0 Å². The first kappa shape index (κ1) is 15.7. The largest absolute Gasteiger partial charge is 0.340 e. The third-order valence-corrected chi connectivity index (χ3v) is 3.86. The molecule has 1 atom stereocenters. The van der Waals surface area contributed by atoms with E-state index in [0.29, 0.717) is 12.0 Å². The van der Waals surface area contributed by atoms with E-state index in [1.807, 2.05) is 17.7 Å². The van der Waals surface area contributed by atoms with Gasteiger partial charge in [-0.1, -0.05) is 13.8 Å². The molecule has 0 radical (unpaired) electrons. The topological polar surface area (TPSA) is 44.0 Å². The molecule has 0 bridgehead atoms. The molecule has 1 aromatic rings. The van der Waals surface area contributed by atoms with Crippen molar-refractivity contribution in [3.8, 4) is 6.07 Å². The zero-order valence-corrected chi connectivity index (χ0v) is 13.0. The molecule has 0 fully saturated rings. The zero-order chi connectivity index (χ0) is 14.6. The summed E-state index contributed by atoms with van der Waals surface area (Å²) in [6.45, 7) is 8.32. The summed E-state index contributed by atoms with van der Waals surface area (Å²) in [5, 5.41) is 12.5. The molecule has 1 heterocycles. The van der Waals surface area contributed by atoms with Crippen molar-refractivity contribution < 1.29 is 0 Å². The van der Waals surface area contributed by atoms with Crippen LogP contribution < -0.4 is 5.32 Å². The van der Waals surface area contributed by atoms with Gasteiger partial charge in [-0.3, -0.25) is 0 Å². The fourth-order valence-corrected chi connectivity index (χ4v) is 2.42. The summed E-state index contributed by atoms with van der Waals surface area (Å²) < 4.78 is 1.95. The lowest BCUT2D eigenvalue weighted by atomic mass is 10.0. The summed E-state index contributed by atoms with van der Waals surface area (Å²) in [4.78, 5) is 2.26. The van der Waals surface area contributed by atoms with Gasteiger partial charge in [-0.25, -0.2) is 0 Å². The highest BCUT2D eigenvalue weighted by Crippen LogP contribution is 2.13. The van der Waals surface area contributed by atoms with Gasteiger partial charge in [-0.05, 0) is 38.6 Å². The number of nitrogens with one attached hydrogen (secondary N) is 1. The number of hydrogen-bond donors (Lipinski definition) is 1. The molecular weight excluding hydrogens is 236 g/mol. The summed E-state index contributed by atoms with van der Waals surface area (Å²) >= 11 is 0. The highest BCUT2D eigenvalue weighted by atomic mass is 15.1. The van der Waals surface area contributed by atoms with E-state index in [1.165, 1.54) is 5.56 Å². The van der Waals surface area contributed by atoms with E-state index in [1.54, 1.807) is 0 Å². The number of rotatable bonds is 6. The second-order valence-corrected chi connectivity index (χ2v) is 5.72. The number of likely N-dealkylation sites (N-methyl/N-ethyl adjacent to an activating group) is 1. The molecule has 106 valence electrons. The zero-order valence-electron chi connectivity index (χ0n) is 13.0. The first-order valence-corrected chi connectivity index (χ1v) is 6.80. The normalized spacial score (nSPS) is 13.0. The quantitative estimate of drug-likeness (QED) is 0.851. The molecule has 0 aliphatic rings. The van der Waals surface area contributed by atoms with E-state index >= 15 is 0 Å². The minimum Gasteiger partial charge on any atom is -0.340 e. The van der Waals surface area contributed by atoms with Crippen LogP contribution in [0.25, 0.3) is 0 Å². The van der Waals surface area contributed by atoms with Crippen molar-refractivity contribution >= 4 is 0 Å². The standard InChI is InChI=1S/C15H26N4/c1-11(2)15(18(4)5)10-17-9-13-7-14(8-16)19(6)12(13)3/h7,11,15,17H,9-10H2,1-6H3. The van der Waals surface area contributed by atoms with Crippen molar-refractivity contribution in [2.45, 2.75) is 33.4 Å². The summed E-state index contributed by atoms with van der Waals surface area (Å²) in [5.74, 6) is 0.619. The summed E-state index contributed by atoms with van der Waals surface area (Å²) in [6.07, 6.45) is 0. The second kappa shape index (κ2) is 6.74. The Morgan fingerprint density at radius 3 is 2.47 bits per heavy atom. The molecule has 1 rings (SSSR count). The van der Waals surface area contributed by atoms with E-state index in [9.17, 15) is 0 Å². The predicted molar refractivity (Wildman–Crippen MR) is 78.9 cm³/mol. The number of nitriles is 1. The smallest absolute Gasteiger partial charge is 0.120 e. The Labute approximate surface area is 117 Å². The number of nitrogens with zero attached hydrogens (tertiary/aromatic N) is 3. The highest BCUT2D eigenvalue weighted by Gasteiger charge is 2.15. The molecule has 1 aromatic heterocycles. The van der Waals surface area contributed by atoms with Gasteiger partial charge in [0.15, 0.2) is 0 Å². The molecule has 1 N–H and O–H groups in total. The van der Waals surface area contributed by atoms with Gasteiger partial charge < -0.3 is 14.8 Å². The lowest BCUT2D eigenvalue weighted by Crippen LogP contribution is -2.41. The third-order valence-electron chi connectivity index (χ3n) is 3.86. The van der Waals surface area contributed by atoms with Crippen molar-refractivity contribution in [3.63, 3.8) is 0 Å². The Morgan fingerprint density at radius 1 is 1.42 bits per heavy atom. The summed E-state index contributed by atoms with van der Waals surface area (Å²) in [7, 11) is 6.18. The Kier molecular flexibility index (Phi) is 5.59. The molecule has 0 saturated carbocycles. The van der Waals surface area contributed by atoms with Gasteiger partial charge in [0.05, 0.1) is 0 Å². The maximum absolute atomic E-state index is 9.02. The Bertz CT molecular complexity index is 443. The van der Waals surface area contributed by atoms with E-state index in [2.05, 4.69) is 51.2 Å². The third kappa shape index (κ3) is 3.82. The fourth-order valence-electron chi connectivity index (χ4n) is 2.42. The van der Waals surface area contributed by atoms with Crippen LogP contribution in [-0.2, 0) is 13.6 Å². The number of hydrogen-bond acceptors (Lipinski definition) is 3. The molecule has 0 aliphatic heterocycles.